The fourth-order valence-corrected chi connectivity index (χ4v) is 3.81. The molecule has 0 amide bonds. The molecular weight excluding hydrogens is 256 g/mol. The average molecular weight is 274 g/mol. The molecule has 2 aliphatic rings. The van der Waals surface area contributed by atoms with Gasteiger partial charge < -0.3 is 9.88 Å². The van der Waals surface area contributed by atoms with Gasteiger partial charge in [-0.25, -0.2) is 4.98 Å². The maximum atomic E-state index is 4.82. The zero-order valence-corrected chi connectivity index (χ0v) is 11.7. The van der Waals surface area contributed by atoms with Gasteiger partial charge in [-0.15, -0.1) is 0 Å². The Morgan fingerprint density at radius 3 is 3.16 bits per heavy atom. The molecule has 3 heterocycles. The lowest BCUT2D eigenvalue weighted by Gasteiger charge is -2.23. The minimum Gasteiger partial charge on any atom is -0.325 e. The number of nitrogens with zero attached hydrogens (tertiary/aromatic N) is 3. The second kappa shape index (κ2) is 4.80. The molecule has 4 nitrogen and oxygen atoms in total. The lowest BCUT2D eigenvalue weighted by Crippen LogP contribution is -2.39. The summed E-state index contributed by atoms with van der Waals surface area (Å²) in [5.74, 6) is 3.68. The molecule has 100 valence electrons. The third kappa shape index (κ3) is 2.25. The molecule has 1 atom stereocenters. The van der Waals surface area contributed by atoms with E-state index in [1.54, 1.807) is 0 Å². The van der Waals surface area contributed by atoms with E-state index in [4.69, 9.17) is 4.98 Å². The quantitative estimate of drug-likeness (QED) is 0.930. The SMILES string of the molecule is c1cc2c(cn1)nc(CC1CSCCN1)n2C1CC1. The summed E-state index contributed by atoms with van der Waals surface area (Å²) in [5, 5.41) is 3.61. The highest BCUT2D eigenvalue weighted by atomic mass is 32.2. The third-order valence-electron chi connectivity index (χ3n) is 3.90. The monoisotopic (exact) mass is 274 g/mol. The van der Waals surface area contributed by atoms with Gasteiger partial charge in [0.25, 0.3) is 0 Å². The van der Waals surface area contributed by atoms with Gasteiger partial charge in [0.15, 0.2) is 0 Å². The summed E-state index contributed by atoms with van der Waals surface area (Å²) in [6.45, 7) is 1.13. The van der Waals surface area contributed by atoms with Crippen LogP contribution in [0.25, 0.3) is 11.0 Å². The number of hydrogen-bond acceptors (Lipinski definition) is 4. The van der Waals surface area contributed by atoms with Gasteiger partial charge >= 0.3 is 0 Å². The lowest BCUT2D eigenvalue weighted by molar-refractivity contribution is 0.535. The first-order chi connectivity index (χ1) is 9.42. The molecule has 1 aliphatic carbocycles. The van der Waals surface area contributed by atoms with Crippen LogP contribution >= 0.6 is 11.8 Å². The van der Waals surface area contributed by atoms with E-state index in [1.807, 2.05) is 24.2 Å². The van der Waals surface area contributed by atoms with Crippen molar-refractivity contribution in [3.63, 3.8) is 0 Å². The Balaban J connectivity index is 1.69. The van der Waals surface area contributed by atoms with Crippen molar-refractivity contribution >= 4 is 22.8 Å². The van der Waals surface area contributed by atoms with Crippen molar-refractivity contribution in [2.45, 2.75) is 31.3 Å². The standard InChI is InChI=1S/C14H18N4S/c1-2-11(1)18-13-3-4-15-8-12(13)17-14(18)7-10-9-19-6-5-16-10/h3-4,8,10-11,16H,1-2,5-7,9H2. The number of thioether (sulfide) groups is 1. The van der Waals surface area contributed by atoms with Crippen molar-refractivity contribution in [3.8, 4) is 0 Å². The number of imidazole rings is 1. The molecule has 1 saturated carbocycles. The average Bonchev–Trinajstić information content (AvgIpc) is 3.21. The van der Waals surface area contributed by atoms with Gasteiger partial charge in [0.2, 0.25) is 0 Å². The van der Waals surface area contributed by atoms with Crippen molar-refractivity contribution < 1.29 is 0 Å². The van der Waals surface area contributed by atoms with E-state index in [-0.39, 0.29) is 0 Å². The van der Waals surface area contributed by atoms with Crippen LogP contribution in [0.15, 0.2) is 18.5 Å². The summed E-state index contributed by atoms with van der Waals surface area (Å²) in [6, 6.07) is 3.35. The summed E-state index contributed by atoms with van der Waals surface area (Å²) in [6.07, 6.45) is 7.40. The molecular formula is C14H18N4S. The number of fused-ring (bicyclic) bond motifs is 1. The van der Waals surface area contributed by atoms with Gasteiger partial charge in [-0.05, 0) is 18.9 Å². The molecule has 1 saturated heterocycles. The highest BCUT2D eigenvalue weighted by Gasteiger charge is 2.29. The predicted molar refractivity (Wildman–Crippen MR) is 78.6 cm³/mol. The Morgan fingerprint density at radius 1 is 1.42 bits per heavy atom. The minimum atomic E-state index is 0.570. The smallest absolute Gasteiger partial charge is 0.111 e. The van der Waals surface area contributed by atoms with Gasteiger partial charge in [0, 0.05) is 42.8 Å². The van der Waals surface area contributed by atoms with Crippen molar-refractivity contribution in [2.75, 3.05) is 18.1 Å². The Bertz CT molecular complexity index is 584. The molecule has 19 heavy (non-hydrogen) atoms. The van der Waals surface area contributed by atoms with Crippen LogP contribution in [0.5, 0.6) is 0 Å². The van der Waals surface area contributed by atoms with E-state index in [1.165, 1.54) is 35.7 Å². The summed E-state index contributed by atoms with van der Waals surface area (Å²) in [7, 11) is 0. The Kier molecular flexibility index (Phi) is 2.96. The van der Waals surface area contributed by atoms with Crippen LogP contribution < -0.4 is 5.32 Å². The molecule has 4 rings (SSSR count). The molecule has 2 fully saturated rings. The van der Waals surface area contributed by atoms with Gasteiger partial charge in [0.05, 0.1) is 11.7 Å². The summed E-state index contributed by atoms with van der Waals surface area (Å²) >= 11 is 2.05. The largest absolute Gasteiger partial charge is 0.325 e. The summed E-state index contributed by atoms with van der Waals surface area (Å²) < 4.78 is 2.46. The van der Waals surface area contributed by atoms with Crippen molar-refractivity contribution in [1.82, 2.24) is 19.9 Å². The Morgan fingerprint density at radius 2 is 2.37 bits per heavy atom. The molecule has 0 radical (unpaired) electrons. The van der Waals surface area contributed by atoms with E-state index < -0.39 is 0 Å². The van der Waals surface area contributed by atoms with Gasteiger partial charge in [-0.1, -0.05) is 0 Å². The number of hydrogen-bond donors (Lipinski definition) is 1. The van der Waals surface area contributed by atoms with Gasteiger partial charge in [-0.2, -0.15) is 11.8 Å². The Hall–Kier alpha value is -1.07. The second-order valence-electron chi connectivity index (χ2n) is 5.42. The van der Waals surface area contributed by atoms with Crippen LogP contribution in [0.2, 0.25) is 0 Å². The molecule has 0 bridgehead atoms. The number of pyridine rings is 1. The van der Waals surface area contributed by atoms with Crippen LogP contribution in [0.4, 0.5) is 0 Å². The zero-order valence-electron chi connectivity index (χ0n) is 10.9. The van der Waals surface area contributed by atoms with E-state index in [0.29, 0.717) is 12.1 Å². The first kappa shape index (κ1) is 11.7. The van der Waals surface area contributed by atoms with Gasteiger partial charge in [0.1, 0.15) is 11.3 Å². The molecule has 2 aromatic rings. The molecule has 1 unspecified atom stereocenters. The maximum absolute atomic E-state index is 4.82. The number of rotatable bonds is 3. The fraction of sp³-hybridized carbons (Fsp3) is 0.571. The summed E-state index contributed by atoms with van der Waals surface area (Å²) in [5.41, 5.74) is 2.31. The molecule has 5 heteroatoms. The van der Waals surface area contributed by atoms with E-state index in [2.05, 4.69) is 20.9 Å². The minimum absolute atomic E-state index is 0.570. The molecule has 1 aliphatic heterocycles. The first-order valence-corrected chi connectivity index (χ1v) is 8.19. The van der Waals surface area contributed by atoms with Gasteiger partial charge in [-0.3, -0.25) is 4.98 Å². The first-order valence-electron chi connectivity index (χ1n) is 7.04. The molecule has 2 aromatic heterocycles. The number of aromatic nitrogens is 3. The van der Waals surface area contributed by atoms with Crippen LogP contribution in [0.3, 0.4) is 0 Å². The van der Waals surface area contributed by atoms with Crippen LogP contribution in [-0.2, 0) is 6.42 Å². The topological polar surface area (TPSA) is 42.7 Å². The Labute approximate surface area is 117 Å². The van der Waals surface area contributed by atoms with Crippen molar-refractivity contribution in [1.29, 1.82) is 0 Å². The van der Waals surface area contributed by atoms with E-state index in [9.17, 15) is 0 Å². The second-order valence-corrected chi connectivity index (χ2v) is 6.57. The predicted octanol–water partition coefficient (Wildman–Crippen LogP) is 2.01. The zero-order chi connectivity index (χ0) is 12.7. The fourth-order valence-electron chi connectivity index (χ4n) is 2.86. The van der Waals surface area contributed by atoms with Crippen molar-refractivity contribution in [3.05, 3.63) is 24.3 Å². The van der Waals surface area contributed by atoms with Crippen LogP contribution in [-0.4, -0.2) is 38.6 Å². The van der Waals surface area contributed by atoms with E-state index in [0.717, 1.165) is 18.5 Å². The summed E-state index contributed by atoms with van der Waals surface area (Å²) in [4.78, 5) is 9.02. The lowest BCUT2D eigenvalue weighted by atomic mass is 10.2. The molecule has 0 aromatic carbocycles. The molecule has 0 spiro atoms. The number of nitrogens with one attached hydrogen (secondary N) is 1. The van der Waals surface area contributed by atoms with E-state index >= 15 is 0 Å². The van der Waals surface area contributed by atoms with Crippen LogP contribution in [0, 0.1) is 0 Å². The molecule has 1 N–H and O–H groups in total. The third-order valence-corrected chi connectivity index (χ3v) is 5.04. The highest BCUT2D eigenvalue weighted by molar-refractivity contribution is 7.99. The maximum Gasteiger partial charge on any atom is 0.111 e. The van der Waals surface area contributed by atoms with Crippen LogP contribution in [0.1, 0.15) is 24.7 Å². The van der Waals surface area contributed by atoms with Crippen molar-refractivity contribution in [2.24, 2.45) is 0 Å². The normalized spacial score (nSPS) is 23.9. The highest BCUT2D eigenvalue weighted by Crippen LogP contribution is 2.38.